The molecule has 1 heterocycles. The molecule has 0 spiro atoms. The second-order valence-corrected chi connectivity index (χ2v) is 6.19. The highest BCUT2D eigenvalue weighted by molar-refractivity contribution is 5.98. The highest BCUT2D eigenvalue weighted by atomic mass is 16.5. The number of carbonyl (C=O) groups is 2. The van der Waals surface area contributed by atoms with Crippen molar-refractivity contribution in [3.05, 3.63) is 59.2 Å². The normalized spacial score (nSPS) is 13.2. The third kappa shape index (κ3) is 4.03. The Kier molecular flexibility index (Phi) is 5.53. The number of fused-ring (bicyclic) bond motifs is 1. The number of aryl methyl sites for hydroxylation is 1. The summed E-state index contributed by atoms with van der Waals surface area (Å²) in [7, 11) is 1.59. The molecule has 6 nitrogen and oxygen atoms in total. The van der Waals surface area contributed by atoms with Crippen molar-refractivity contribution in [2.75, 3.05) is 31.8 Å². The zero-order valence-corrected chi connectivity index (χ0v) is 15.0. The first-order valence-corrected chi connectivity index (χ1v) is 8.48. The molecular weight excluding hydrogens is 332 g/mol. The van der Waals surface area contributed by atoms with Crippen LogP contribution < -0.4 is 15.0 Å². The van der Waals surface area contributed by atoms with Crippen LogP contribution in [0.5, 0.6) is 5.75 Å². The number of benzene rings is 2. The number of nitrogens with one attached hydrogen (secondary N) is 1. The molecule has 1 N–H and O–H groups in total. The van der Waals surface area contributed by atoms with E-state index in [2.05, 4.69) is 5.32 Å². The van der Waals surface area contributed by atoms with Crippen LogP contribution in [0.15, 0.2) is 42.5 Å². The molecule has 0 radical (unpaired) electrons. The number of methoxy groups -OCH3 is 1. The Morgan fingerprint density at radius 3 is 2.92 bits per heavy atom. The van der Waals surface area contributed by atoms with E-state index in [0.717, 1.165) is 16.8 Å². The van der Waals surface area contributed by atoms with Gasteiger partial charge in [-0.1, -0.05) is 18.2 Å². The van der Waals surface area contributed by atoms with Crippen LogP contribution in [0.3, 0.4) is 0 Å². The number of hydrogen-bond donors (Lipinski definition) is 1. The molecule has 0 fully saturated rings. The summed E-state index contributed by atoms with van der Waals surface area (Å²) < 4.78 is 10.4. The summed E-state index contributed by atoms with van der Waals surface area (Å²) in [5, 5.41) is 2.80. The van der Waals surface area contributed by atoms with Gasteiger partial charge >= 0.3 is 0 Å². The van der Waals surface area contributed by atoms with E-state index in [4.69, 9.17) is 9.47 Å². The average molecular weight is 354 g/mol. The van der Waals surface area contributed by atoms with Gasteiger partial charge < -0.3 is 19.7 Å². The molecule has 0 bridgehead atoms. The number of anilines is 1. The molecule has 2 aromatic rings. The van der Waals surface area contributed by atoms with Crippen molar-refractivity contribution in [1.82, 2.24) is 5.32 Å². The fourth-order valence-electron chi connectivity index (χ4n) is 2.85. The molecule has 6 heteroatoms. The van der Waals surface area contributed by atoms with Gasteiger partial charge in [-0.15, -0.1) is 0 Å². The minimum absolute atomic E-state index is 0.0211. The van der Waals surface area contributed by atoms with Crippen LogP contribution in [0, 0.1) is 6.92 Å². The van der Waals surface area contributed by atoms with E-state index in [1.165, 1.54) is 0 Å². The number of nitrogens with zero attached hydrogens (tertiary/aromatic N) is 1. The maximum Gasteiger partial charge on any atom is 0.265 e. The second kappa shape index (κ2) is 8.01. The van der Waals surface area contributed by atoms with Gasteiger partial charge in [-0.3, -0.25) is 9.59 Å². The van der Waals surface area contributed by atoms with E-state index >= 15 is 0 Å². The fourth-order valence-corrected chi connectivity index (χ4v) is 2.85. The molecule has 0 aromatic heterocycles. The molecule has 2 amide bonds. The van der Waals surface area contributed by atoms with Crippen molar-refractivity contribution in [2.45, 2.75) is 13.5 Å². The quantitative estimate of drug-likeness (QED) is 0.809. The zero-order valence-electron chi connectivity index (χ0n) is 15.0. The van der Waals surface area contributed by atoms with Gasteiger partial charge in [-0.2, -0.15) is 0 Å². The average Bonchev–Trinajstić information content (AvgIpc) is 2.64. The Morgan fingerprint density at radius 1 is 1.27 bits per heavy atom. The van der Waals surface area contributed by atoms with Crippen LogP contribution in [-0.2, 0) is 16.1 Å². The molecule has 0 saturated carbocycles. The van der Waals surface area contributed by atoms with Crippen LogP contribution in [0.4, 0.5) is 5.69 Å². The maximum absolute atomic E-state index is 12.4. The van der Waals surface area contributed by atoms with E-state index in [9.17, 15) is 9.59 Å². The van der Waals surface area contributed by atoms with Crippen molar-refractivity contribution in [3.8, 4) is 5.75 Å². The number of hydrogen-bond acceptors (Lipinski definition) is 4. The zero-order chi connectivity index (χ0) is 18.5. The van der Waals surface area contributed by atoms with Gasteiger partial charge in [-0.25, -0.2) is 0 Å². The summed E-state index contributed by atoms with van der Waals surface area (Å²) in [5.41, 5.74) is 3.25. The lowest BCUT2D eigenvalue weighted by Gasteiger charge is -2.29. The van der Waals surface area contributed by atoms with Crippen molar-refractivity contribution < 1.29 is 19.1 Å². The lowest BCUT2D eigenvalue weighted by Crippen LogP contribution is -2.38. The molecular formula is C20H22N2O4. The molecule has 0 atom stereocenters. The van der Waals surface area contributed by atoms with Crippen molar-refractivity contribution in [2.24, 2.45) is 0 Å². The van der Waals surface area contributed by atoms with Gasteiger partial charge in [0.05, 0.1) is 18.8 Å². The monoisotopic (exact) mass is 354 g/mol. The smallest absolute Gasteiger partial charge is 0.265 e. The van der Waals surface area contributed by atoms with E-state index in [1.54, 1.807) is 24.1 Å². The number of rotatable bonds is 6. The standard InChI is InChI=1S/C20H22N2O4/c1-14-6-7-18-17(10-14)22(19(23)13-26-18)12-15-4-3-5-16(11-15)20(24)21-8-9-25-2/h3-7,10-11H,8-9,12-13H2,1-2H3,(H,21,24). The van der Waals surface area contributed by atoms with E-state index in [1.807, 2.05) is 37.3 Å². The molecule has 1 aliphatic heterocycles. The fraction of sp³-hybridized carbons (Fsp3) is 0.300. The Balaban J connectivity index is 1.79. The number of ether oxygens (including phenoxy) is 2. The maximum atomic E-state index is 12.4. The first-order valence-electron chi connectivity index (χ1n) is 8.48. The molecule has 1 aliphatic rings. The highest BCUT2D eigenvalue weighted by Gasteiger charge is 2.25. The summed E-state index contributed by atoms with van der Waals surface area (Å²) in [6.07, 6.45) is 0. The Labute approximate surface area is 152 Å². The third-order valence-electron chi connectivity index (χ3n) is 4.18. The first-order chi connectivity index (χ1) is 12.6. The molecule has 26 heavy (non-hydrogen) atoms. The lowest BCUT2D eigenvalue weighted by molar-refractivity contribution is -0.121. The van der Waals surface area contributed by atoms with Gasteiger partial charge in [0, 0.05) is 19.2 Å². The van der Waals surface area contributed by atoms with Gasteiger partial charge in [-0.05, 0) is 42.3 Å². The van der Waals surface area contributed by atoms with Gasteiger partial charge in [0.25, 0.3) is 11.8 Å². The predicted octanol–water partition coefficient (Wildman–Crippen LogP) is 2.30. The molecule has 136 valence electrons. The minimum Gasteiger partial charge on any atom is -0.482 e. The summed E-state index contributed by atoms with van der Waals surface area (Å²) in [4.78, 5) is 26.3. The number of carbonyl (C=O) groups excluding carboxylic acids is 2. The first kappa shape index (κ1) is 17.9. The predicted molar refractivity (Wildman–Crippen MR) is 98.5 cm³/mol. The molecule has 0 aliphatic carbocycles. The van der Waals surface area contributed by atoms with E-state index in [-0.39, 0.29) is 18.4 Å². The van der Waals surface area contributed by atoms with Gasteiger partial charge in [0.2, 0.25) is 0 Å². The number of amides is 2. The van der Waals surface area contributed by atoms with Gasteiger partial charge in [0.15, 0.2) is 6.61 Å². The summed E-state index contributed by atoms with van der Waals surface area (Å²) >= 11 is 0. The van der Waals surface area contributed by atoms with Crippen molar-refractivity contribution in [3.63, 3.8) is 0 Å². The summed E-state index contributed by atoms with van der Waals surface area (Å²) in [5.74, 6) is 0.440. The third-order valence-corrected chi connectivity index (χ3v) is 4.18. The molecule has 2 aromatic carbocycles. The summed E-state index contributed by atoms with van der Waals surface area (Å²) in [6, 6.07) is 13.1. The Morgan fingerprint density at radius 2 is 2.12 bits per heavy atom. The van der Waals surface area contributed by atoms with E-state index in [0.29, 0.717) is 31.0 Å². The Bertz CT molecular complexity index is 819. The minimum atomic E-state index is -0.159. The van der Waals surface area contributed by atoms with Crippen LogP contribution in [-0.4, -0.2) is 38.7 Å². The molecule has 0 unspecified atom stereocenters. The second-order valence-electron chi connectivity index (χ2n) is 6.19. The van der Waals surface area contributed by atoms with Gasteiger partial charge in [0.1, 0.15) is 5.75 Å². The van der Waals surface area contributed by atoms with E-state index < -0.39 is 0 Å². The van der Waals surface area contributed by atoms with Crippen LogP contribution in [0.1, 0.15) is 21.5 Å². The van der Waals surface area contributed by atoms with Crippen molar-refractivity contribution in [1.29, 1.82) is 0 Å². The molecule has 3 rings (SSSR count). The summed E-state index contributed by atoms with van der Waals surface area (Å²) in [6.45, 7) is 3.30. The Hall–Kier alpha value is -2.86. The van der Waals surface area contributed by atoms with Crippen LogP contribution in [0.2, 0.25) is 0 Å². The SMILES string of the molecule is COCCNC(=O)c1cccc(CN2C(=O)COc3ccc(C)cc32)c1. The van der Waals surface area contributed by atoms with Crippen molar-refractivity contribution >= 4 is 17.5 Å². The van der Waals surface area contributed by atoms with Crippen LogP contribution >= 0.6 is 0 Å². The highest BCUT2D eigenvalue weighted by Crippen LogP contribution is 2.33. The topological polar surface area (TPSA) is 67.9 Å². The van der Waals surface area contributed by atoms with Crippen LogP contribution in [0.25, 0.3) is 0 Å². The molecule has 0 saturated heterocycles. The lowest BCUT2D eigenvalue weighted by atomic mass is 10.1. The largest absolute Gasteiger partial charge is 0.482 e.